The van der Waals surface area contributed by atoms with Gasteiger partial charge in [0.05, 0.1) is 23.8 Å². The molecule has 0 saturated carbocycles. The summed E-state index contributed by atoms with van der Waals surface area (Å²) in [5.41, 5.74) is 0.489. The summed E-state index contributed by atoms with van der Waals surface area (Å²) in [6.07, 6.45) is 2.31. The average Bonchev–Trinajstić information content (AvgIpc) is 2.68. The van der Waals surface area contributed by atoms with Crippen LogP contribution in [0.15, 0.2) is 46.9 Å². The van der Waals surface area contributed by atoms with Gasteiger partial charge in [-0.15, -0.1) is 0 Å². The third-order valence-electron chi connectivity index (χ3n) is 4.35. The molecule has 5 nitrogen and oxygen atoms in total. The molecule has 1 aliphatic heterocycles. The first-order chi connectivity index (χ1) is 12.7. The van der Waals surface area contributed by atoms with E-state index >= 15 is 0 Å². The number of rotatable bonds is 6. The van der Waals surface area contributed by atoms with Crippen molar-refractivity contribution in [2.45, 2.75) is 12.8 Å². The highest BCUT2D eigenvalue weighted by Gasteiger charge is 2.14. The maximum Gasteiger partial charge on any atom is 0.337 e. The number of benzene rings is 2. The Hall–Kier alpha value is -2.05. The first-order valence-electron chi connectivity index (χ1n) is 8.65. The lowest BCUT2D eigenvalue weighted by Crippen LogP contribution is -2.30. The van der Waals surface area contributed by atoms with Crippen molar-refractivity contribution < 1.29 is 19.0 Å². The molecule has 1 N–H and O–H groups in total. The second-order valence-corrected chi connectivity index (χ2v) is 7.07. The van der Waals surface area contributed by atoms with E-state index in [2.05, 4.69) is 26.0 Å². The third kappa shape index (κ3) is 4.99. The van der Waals surface area contributed by atoms with Crippen LogP contribution in [0.1, 0.15) is 23.2 Å². The monoisotopic (exact) mass is 419 g/mol. The molecule has 0 radical (unpaired) electrons. The van der Waals surface area contributed by atoms with Crippen LogP contribution >= 0.6 is 15.9 Å². The molecule has 0 aliphatic carbocycles. The highest BCUT2D eigenvalue weighted by molar-refractivity contribution is 9.10. The zero-order valence-electron chi connectivity index (χ0n) is 14.7. The van der Waals surface area contributed by atoms with Crippen LogP contribution < -0.4 is 14.8 Å². The van der Waals surface area contributed by atoms with Gasteiger partial charge in [-0.3, -0.25) is 0 Å². The van der Waals surface area contributed by atoms with E-state index in [9.17, 15) is 4.79 Å². The molecule has 0 amide bonds. The molecule has 0 spiro atoms. The number of piperidine rings is 1. The second kappa shape index (κ2) is 9.05. The van der Waals surface area contributed by atoms with E-state index in [1.807, 2.05) is 18.2 Å². The Morgan fingerprint density at radius 3 is 2.46 bits per heavy atom. The number of hydrogen-bond acceptors (Lipinski definition) is 5. The van der Waals surface area contributed by atoms with Gasteiger partial charge >= 0.3 is 5.97 Å². The van der Waals surface area contributed by atoms with Gasteiger partial charge in [-0.2, -0.15) is 0 Å². The molecule has 26 heavy (non-hydrogen) atoms. The van der Waals surface area contributed by atoms with Crippen molar-refractivity contribution in [3.05, 3.63) is 52.5 Å². The van der Waals surface area contributed by atoms with Crippen LogP contribution in [-0.4, -0.2) is 32.8 Å². The molecule has 0 unspecified atom stereocenters. The minimum Gasteiger partial charge on any atom is -0.492 e. The minimum atomic E-state index is -0.366. The smallest absolute Gasteiger partial charge is 0.337 e. The summed E-state index contributed by atoms with van der Waals surface area (Å²) in [5.74, 6) is 2.39. The minimum absolute atomic E-state index is 0.366. The van der Waals surface area contributed by atoms with E-state index in [1.165, 1.54) is 7.11 Å². The molecule has 2 aromatic rings. The third-order valence-corrected chi connectivity index (χ3v) is 4.97. The molecule has 2 aromatic carbocycles. The van der Waals surface area contributed by atoms with Gasteiger partial charge in [-0.25, -0.2) is 4.79 Å². The standard InChI is InChI=1S/C20H22BrNO4/c1-24-20(23)15-2-4-16(5-3-15)26-17-6-7-19(18(21)12-17)25-13-14-8-10-22-11-9-14/h2-7,12,14,22H,8-11,13H2,1H3. The highest BCUT2D eigenvalue weighted by Crippen LogP contribution is 2.32. The van der Waals surface area contributed by atoms with E-state index in [4.69, 9.17) is 9.47 Å². The van der Waals surface area contributed by atoms with Crippen LogP contribution in [0.5, 0.6) is 17.2 Å². The van der Waals surface area contributed by atoms with Crippen molar-refractivity contribution in [3.8, 4) is 17.2 Å². The summed E-state index contributed by atoms with van der Waals surface area (Å²) < 4.78 is 17.3. The van der Waals surface area contributed by atoms with Crippen molar-refractivity contribution in [3.63, 3.8) is 0 Å². The molecular weight excluding hydrogens is 398 g/mol. The Morgan fingerprint density at radius 2 is 1.81 bits per heavy atom. The summed E-state index contributed by atoms with van der Waals surface area (Å²) >= 11 is 3.55. The van der Waals surface area contributed by atoms with E-state index < -0.39 is 0 Å². The quantitative estimate of drug-likeness (QED) is 0.702. The van der Waals surface area contributed by atoms with Gasteiger partial charge < -0.3 is 19.5 Å². The van der Waals surface area contributed by atoms with Gasteiger partial charge in [0.25, 0.3) is 0 Å². The first kappa shape index (κ1) is 18.7. The number of methoxy groups -OCH3 is 1. The predicted octanol–water partition coefficient (Wildman–Crippen LogP) is 4.41. The maximum absolute atomic E-state index is 11.5. The summed E-state index contributed by atoms with van der Waals surface area (Å²) in [5, 5.41) is 3.36. The molecule has 1 saturated heterocycles. The van der Waals surface area contributed by atoms with E-state index in [0.29, 0.717) is 23.0 Å². The number of carbonyl (C=O) groups is 1. The van der Waals surface area contributed by atoms with Crippen LogP contribution in [0.2, 0.25) is 0 Å². The van der Waals surface area contributed by atoms with Crippen LogP contribution in [-0.2, 0) is 4.74 Å². The van der Waals surface area contributed by atoms with Crippen molar-refractivity contribution in [1.29, 1.82) is 0 Å². The van der Waals surface area contributed by atoms with Crippen LogP contribution in [0.4, 0.5) is 0 Å². The average molecular weight is 420 g/mol. The fourth-order valence-electron chi connectivity index (χ4n) is 2.83. The zero-order chi connectivity index (χ0) is 18.4. The lowest BCUT2D eigenvalue weighted by Gasteiger charge is -2.23. The van der Waals surface area contributed by atoms with Gasteiger partial charge in [0.1, 0.15) is 17.2 Å². The van der Waals surface area contributed by atoms with Gasteiger partial charge in [0, 0.05) is 0 Å². The number of hydrogen-bond donors (Lipinski definition) is 1. The van der Waals surface area contributed by atoms with Gasteiger partial charge in [-0.1, -0.05) is 0 Å². The number of esters is 1. The molecule has 0 atom stereocenters. The summed E-state index contributed by atoms with van der Waals surface area (Å²) in [6, 6.07) is 12.5. The largest absolute Gasteiger partial charge is 0.492 e. The maximum atomic E-state index is 11.5. The lowest BCUT2D eigenvalue weighted by molar-refractivity contribution is 0.0600. The number of ether oxygens (including phenoxy) is 3. The first-order valence-corrected chi connectivity index (χ1v) is 9.44. The number of carbonyl (C=O) groups excluding carboxylic acids is 1. The summed E-state index contributed by atoms with van der Waals surface area (Å²) in [7, 11) is 1.36. The topological polar surface area (TPSA) is 56.8 Å². The molecule has 138 valence electrons. The molecule has 1 fully saturated rings. The molecule has 6 heteroatoms. The van der Waals surface area contributed by atoms with Gasteiger partial charge in [-0.05, 0) is 90.2 Å². The number of nitrogens with one attached hydrogen (secondary N) is 1. The highest BCUT2D eigenvalue weighted by atomic mass is 79.9. The Kier molecular flexibility index (Phi) is 6.52. The SMILES string of the molecule is COC(=O)c1ccc(Oc2ccc(OCC3CCNCC3)c(Br)c2)cc1. The second-order valence-electron chi connectivity index (χ2n) is 6.21. The molecule has 1 aliphatic rings. The van der Waals surface area contributed by atoms with Crippen molar-refractivity contribution in [2.24, 2.45) is 5.92 Å². The zero-order valence-corrected chi connectivity index (χ0v) is 16.3. The Balaban J connectivity index is 1.59. The van der Waals surface area contributed by atoms with E-state index in [0.717, 1.165) is 42.8 Å². The Morgan fingerprint density at radius 1 is 1.12 bits per heavy atom. The fourth-order valence-corrected chi connectivity index (χ4v) is 3.30. The van der Waals surface area contributed by atoms with Crippen LogP contribution in [0.25, 0.3) is 0 Å². The van der Waals surface area contributed by atoms with Crippen molar-refractivity contribution in [1.82, 2.24) is 5.32 Å². The molecule has 3 rings (SSSR count). The van der Waals surface area contributed by atoms with Gasteiger partial charge in [0.15, 0.2) is 0 Å². The van der Waals surface area contributed by atoms with E-state index in [-0.39, 0.29) is 5.97 Å². The normalized spacial score (nSPS) is 14.7. The lowest BCUT2D eigenvalue weighted by atomic mass is 9.99. The molecule has 1 heterocycles. The predicted molar refractivity (Wildman–Crippen MR) is 103 cm³/mol. The molecule has 0 bridgehead atoms. The van der Waals surface area contributed by atoms with Gasteiger partial charge in [0.2, 0.25) is 0 Å². The van der Waals surface area contributed by atoms with Crippen molar-refractivity contribution in [2.75, 3.05) is 26.8 Å². The van der Waals surface area contributed by atoms with Crippen LogP contribution in [0, 0.1) is 5.92 Å². The summed E-state index contributed by atoms with van der Waals surface area (Å²) in [6.45, 7) is 2.86. The Labute approximate surface area is 161 Å². The molecular formula is C20H22BrNO4. The van der Waals surface area contributed by atoms with E-state index in [1.54, 1.807) is 24.3 Å². The van der Waals surface area contributed by atoms with Crippen LogP contribution in [0.3, 0.4) is 0 Å². The molecule has 0 aromatic heterocycles. The summed E-state index contributed by atoms with van der Waals surface area (Å²) in [4.78, 5) is 11.5. The number of halogens is 1. The van der Waals surface area contributed by atoms with Crippen molar-refractivity contribution >= 4 is 21.9 Å². The Bertz CT molecular complexity index is 742. The fraction of sp³-hybridized carbons (Fsp3) is 0.350.